The SMILES string of the molecule is CCc1cccc(Oc2ccc(NC(=O)N3CCC(C(=O)NC(C)C)CC3)cn2)c1. The molecule has 0 saturated carbocycles. The molecular formula is C23H30N4O3. The third-order valence-electron chi connectivity index (χ3n) is 5.10. The maximum atomic E-state index is 12.5. The Kier molecular flexibility index (Phi) is 7.27. The molecule has 160 valence electrons. The summed E-state index contributed by atoms with van der Waals surface area (Å²) in [4.78, 5) is 30.7. The van der Waals surface area contributed by atoms with Crippen molar-refractivity contribution in [3.63, 3.8) is 0 Å². The van der Waals surface area contributed by atoms with Crippen molar-refractivity contribution in [2.45, 2.75) is 46.1 Å². The highest BCUT2D eigenvalue weighted by atomic mass is 16.5. The molecule has 3 rings (SSSR count). The monoisotopic (exact) mass is 410 g/mol. The lowest BCUT2D eigenvalue weighted by Gasteiger charge is -2.31. The third kappa shape index (κ3) is 5.95. The molecular weight excluding hydrogens is 380 g/mol. The number of carbonyl (C=O) groups is 2. The molecule has 0 atom stereocenters. The van der Waals surface area contributed by atoms with Gasteiger partial charge < -0.3 is 20.3 Å². The number of amides is 3. The molecule has 1 aliphatic heterocycles. The number of aryl methyl sites for hydroxylation is 1. The number of rotatable bonds is 6. The maximum absolute atomic E-state index is 12.5. The molecule has 7 heteroatoms. The number of pyridine rings is 1. The predicted molar refractivity (Wildman–Crippen MR) is 117 cm³/mol. The maximum Gasteiger partial charge on any atom is 0.321 e. The van der Waals surface area contributed by atoms with Crippen LogP contribution in [0.15, 0.2) is 42.6 Å². The first-order valence-corrected chi connectivity index (χ1v) is 10.5. The summed E-state index contributed by atoms with van der Waals surface area (Å²) >= 11 is 0. The summed E-state index contributed by atoms with van der Waals surface area (Å²) < 4.78 is 5.79. The van der Waals surface area contributed by atoms with E-state index in [2.05, 4.69) is 28.6 Å². The molecule has 1 fully saturated rings. The van der Waals surface area contributed by atoms with Gasteiger partial charge in [-0.1, -0.05) is 19.1 Å². The normalized spacial score (nSPS) is 14.5. The molecule has 2 aromatic rings. The Labute approximate surface area is 177 Å². The fraction of sp³-hybridized carbons (Fsp3) is 0.435. The number of ether oxygens (including phenoxy) is 1. The molecule has 1 saturated heterocycles. The van der Waals surface area contributed by atoms with Gasteiger partial charge in [0.25, 0.3) is 0 Å². The van der Waals surface area contributed by atoms with Crippen LogP contribution in [0.4, 0.5) is 10.5 Å². The van der Waals surface area contributed by atoms with Gasteiger partial charge in [0.1, 0.15) is 5.75 Å². The lowest BCUT2D eigenvalue weighted by Crippen LogP contribution is -2.45. The molecule has 0 unspecified atom stereocenters. The number of likely N-dealkylation sites (tertiary alicyclic amines) is 1. The average molecular weight is 411 g/mol. The number of urea groups is 1. The van der Waals surface area contributed by atoms with E-state index in [4.69, 9.17) is 4.74 Å². The molecule has 0 bridgehead atoms. The minimum Gasteiger partial charge on any atom is -0.439 e. The number of aromatic nitrogens is 1. The molecule has 7 nitrogen and oxygen atoms in total. The van der Waals surface area contributed by atoms with E-state index in [1.807, 2.05) is 32.0 Å². The number of nitrogens with zero attached hydrogens (tertiary/aromatic N) is 2. The van der Waals surface area contributed by atoms with Crippen LogP contribution in [0.2, 0.25) is 0 Å². The topological polar surface area (TPSA) is 83.6 Å². The van der Waals surface area contributed by atoms with Crippen molar-refractivity contribution >= 4 is 17.6 Å². The van der Waals surface area contributed by atoms with Crippen LogP contribution in [-0.2, 0) is 11.2 Å². The van der Waals surface area contributed by atoms with Crippen molar-refractivity contribution in [3.05, 3.63) is 48.2 Å². The number of nitrogens with one attached hydrogen (secondary N) is 2. The van der Waals surface area contributed by atoms with Crippen molar-refractivity contribution in [1.82, 2.24) is 15.2 Å². The van der Waals surface area contributed by atoms with E-state index in [1.165, 1.54) is 5.56 Å². The van der Waals surface area contributed by atoms with Crippen LogP contribution >= 0.6 is 0 Å². The summed E-state index contributed by atoms with van der Waals surface area (Å²) in [5, 5.41) is 5.81. The number of hydrogen-bond acceptors (Lipinski definition) is 4. The zero-order chi connectivity index (χ0) is 21.5. The fourth-order valence-corrected chi connectivity index (χ4v) is 3.41. The van der Waals surface area contributed by atoms with Gasteiger partial charge in [0.15, 0.2) is 0 Å². The molecule has 3 amide bonds. The summed E-state index contributed by atoms with van der Waals surface area (Å²) in [5.41, 5.74) is 1.80. The first kappa shape index (κ1) is 21.6. The van der Waals surface area contributed by atoms with Gasteiger partial charge in [-0.05, 0) is 56.9 Å². The van der Waals surface area contributed by atoms with Crippen LogP contribution < -0.4 is 15.4 Å². The van der Waals surface area contributed by atoms with Gasteiger partial charge in [0.2, 0.25) is 11.8 Å². The Morgan fingerprint density at radius 3 is 2.60 bits per heavy atom. The summed E-state index contributed by atoms with van der Waals surface area (Å²) in [6.45, 7) is 7.12. The minimum atomic E-state index is -0.177. The van der Waals surface area contributed by atoms with E-state index in [-0.39, 0.29) is 23.9 Å². The number of carbonyl (C=O) groups excluding carboxylic acids is 2. The van der Waals surface area contributed by atoms with Crippen LogP contribution in [-0.4, -0.2) is 41.0 Å². The largest absolute Gasteiger partial charge is 0.439 e. The number of hydrogen-bond donors (Lipinski definition) is 2. The summed E-state index contributed by atoms with van der Waals surface area (Å²) in [7, 11) is 0. The van der Waals surface area contributed by atoms with Crippen molar-refractivity contribution in [1.29, 1.82) is 0 Å². The van der Waals surface area contributed by atoms with Crippen LogP contribution in [0.25, 0.3) is 0 Å². The fourth-order valence-electron chi connectivity index (χ4n) is 3.41. The summed E-state index contributed by atoms with van der Waals surface area (Å²) in [5.74, 6) is 1.26. The Bertz CT molecular complexity index is 859. The van der Waals surface area contributed by atoms with E-state index < -0.39 is 0 Å². The van der Waals surface area contributed by atoms with E-state index in [0.717, 1.165) is 12.2 Å². The molecule has 2 N–H and O–H groups in total. The van der Waals surface area contributed by atoms with Crippen molar-refractivity contribution in [3.8, 4) is 11.6 Å². The van der Waals surface area contributed by atoms with E-state index in [0.29, 0.717) is 37.5 Å². The lowest BCUT2D eigenvalue weighted by atomic mass is 9.96. The Morgan fingerprint density at radius 1 is 1.20 bits per heavy atom. The van der Waals surface area contributed by atoms with Crippen molar-refractivity contribution in [2.24, 2.45) is 5.92 Å². The van der Waals surface area contributed by atoms with Crippen molar-refractivity contribution in [2.75, 3.05) is 18.4 Å². The second-order valence-electron chi connectivity index (χ2n) is 7.84. The van der Waals surface area contributed by atoms with Gasteiger partial charge >= 0.3 is 6.03 Å². The Balaban J connectivity index is 1.49. The number of piperidine rings is 1. The first-order valence-electron chi connectivity index (χ1n) is 10.5. The highest BCUT2D eigenvalue weighted by Crippen LogP contribution is 2.22. The lowest BCUT2D eigenvalue weighted by molar-refractivity contribution is -0.126. The third-order valence-corrected chi connectivity index (χ3v) is 5.10. The van der Waals surface area contributed by atoms with Crippen LogP contribution in [0.1, 0.15) is 39.2 Å². The van der Waals surface area contributed by atoms with E-state index in [1.54, 1.807) is 23.2 Å². The van der Waals surface area contributed by atoms with Gasteiger partial charge in [-0.15, -0.1) is 0 Å². The Morgan fingerprint density at radius 2 is 1.97 bits per heavy atom. The predicted octanol–water partition coefficient (Wildman–Crippen LogP) is 4.20. The molecule has 1 aromatic carbocycles. The first-order chi connectivity index (χ1) is 14.4. The molecule has 1 aromatic heterocycles. The molecule has 30 heavy (non-hydrogen) atoms. The quantitative estimate of drug-likeness (QED) is 0.747. The second kappa shape index (κ2) is 10.1. The minimum absolute atomic E-state index is 0.0271. The van der Waals surface area contributed by atoms with Crippen LogP contribution in [0, 0.1) is 5.92 Å². The van der Waals surface area contributed by atoms with Crippen LogP contribution in [0.5, 0.6) is 11.6 Å². The standard InChI is InChI=1S/C23H30N4O3/c1-4-17-6-5-7-20(14-17)30-21-9-8-19(15-24-21)26-23(29)27-12-10-18(11-13-27)22(28)25-16(2)3/h5-9,14-16,18H,4,10-13H2,1-3H3,(H,25,28)(H,26,29). The van der Waals surface area contributed by atoms with Gasteiger partial charge in [-0.3, -0.25) is 4.79 Å². The molecule has 0 aliphatic carbocycles. The zero-order valence-electron chi connectivity index (χ0n) is 17.9. The molecule has 0 radical (unpaired) electrons. The smallest absolute Gasteiger partial charge is 0.321 e. The van der Waals surface area contributed by atoms with Gasteiger partial charge in [0.05, 0.1) is 11.9 Å². The van der Waals surface area contributed by atoms with E-state index >= 15 is 0 Å². The summed E-state index contributed by atoms with van der Waals surface area (Å²) in [6, 6.07) is 11.3. The van der Waals surface area contributed by atoms with E-state index in [9.17, 15) is 9.59 Å². The van der Waals surface area contributed by atoms with Gasteiger partial charge in [-0.2, -0.15) is 0 Å². The average Bonchev–Trinajstić information content (AvgIpc) is 2.75. The number of benzene rings is 1. The van der Waals surface area contributed by atoms with Crippen LogP contribution in [0.3, 0.4) is 0 Å². The zero-order valence-corrected chi connectivity index (χ0v) is 17.9. The number of anilines is 1. The highest BCUT2D eigenvalue weighted by molar-refractivity contribution is 5.89. The molecule has 0 spiro atoms. The van der Waals surface area contributed by atoms with Crippen molar-refractivity contribution < 1.29 is 14.3 Å². The molecule has 1 aliphatic rings. The van der Waals surface area contributed by atoms with Gasteiger partial charge in [0, 0.05) is 31.1 Å². The second-order valence-corrected chi connectivity index (χ2v) is 7.84. The van der Waals surface area contributed by atoms with Gasteiger partial charge in [-0.25, -0.2) is 9.78 Å². The molecule has 2 heterocycles. The Hall–Kier alpha value is -3.09. The summed E-state index contributed by atoms with van der Waals surface area (Å²) in [6.07, 6.45) is 3.87. The highest BCUT2D eigenvalue weighted by Gasteiger charge is 2.27.